The Morgan fingerprint density at radius 2 is 0.804 bits per heavy atom. The highest BCUT2D eigenvalue weighted by Gasteiger charge is 2.43. The number of methoxy groups -OCH3 is 2. The number of rotatable bonds is 18. The van der Waals surface area contributed by atoms with Gasteiger partial charge >= 0.3 is 0 Å². The third-order valence-electron chi connectivity index (χ3n) is 8.83. The van der Waals surface area contributed by atoms with Gasteiger partial charge in [-0.25, -0.2) is 0 Å². The molecule has 0 aliphatic heterocycles. The molecule has 0 saturated heterocycles. The summed E-state index contributed by atoms with van der Waals surface area (Å²) in [5.74, 6) is 1.58. The van der Waals surface area contributed by atoms with Crippen LogP contribution in [0, 0.1) is 0 Å². The van der Waals surface area contributed by atoms with Crippen LogP contribution < -0.4 is 9.47 Å². The summed E-state index contributed by atoms with van der Waals surface area (Å²) in [6, 6.07) is 46.3. The fourth-order valence-electron chi connectivity index (χ4n) is 6.03. The van der Waals surface area contributed by atoms with Gasteiger partial charge in [0.1, 0.15) is 35.9 Å². The Bertz CT molecular complexity index is 1740. The Labute approximate surface area is 301 Å². The standard InChI is InChI=1S/C44H46O7/c1-45-39-22-18-36(19-23-39)28-48-41-26-38(32-47-27-33-12-6-3-7-13-33)42(49-29-34-14-8-4-9-15-34)44(43(41)50-30-35-16-10-5-11-17-35)51-31-37-20-24-40(46-2)25-21-37/h3-26,41-44H,27-32H2,1-2H3/t41-,42-,43+,44+/m1/s1. The lowest BCUT2D eigenvalue weighted by molar-refractivity contribution is -0.183. The summed E-state index contributed by atoms with van der Waals surface area (Å²) in [5, 5.41) is 0. The van der Waals surface area contributed by atoms with E-state index in [9.17, 15) is 0 Å². The van der Waals surface area contributed by atoms with E-state index < -0.39 is 24.4 Å². The van der Waals surface area contributed by atoms with Crippen LogP contribution in [-0.4, -0.2) is 45.2 Å². The maximum absolute atomic E-state index is 6.87. The van der Waals surface area contributed by atoms with Crippen molar-refractivity contribution in [3.8, 4) is 11.5 Å². The number of hydrogen-bond donors (Lipinski definition) is 0. The van der Waals surface area contributed by atoms with Crippen molar-refractivity contribution in [3.05, 3.63) is 179 Å². The van der Waals surface area contributed by atoms with Gasteiger partial charge in [0.25, 0.3) is 0 Å². The molecule has 1 aliphatic rings. The minimum Gasteiger partial charge on any atom is -0.497 e. The molecule has 0 radical (unpaired) electrons. The van der Waals surface area contributed by atoms with Gasteiger partial charge in [-0.2, -0.15) is 0 Å². The molecule has 1 aliphatic carbocycles. The number of ether oxygens (including phenoxy) is 7. The first kappa shape index (κ1) is 36.0. The van der Waals surface area contributed by atoms with E-state index in [1.807, 2.05) is 103 Å². The van der Waals surface area contributed by atoms with Gasteiger partial charge in [-0.15, -0.1) is 0 Å². The van der Waals surface area contributed by atoms with E-state index >= 15 is 0 Å². The van der Waals surface area contributed by atoms with E-state index in [2.05, 4.69) is 42.5 Å². The molecule has 0 unspecified atom stereocenters. The van der Waals surface area contributed by atoms with Crippen molar-refractivity contribution >= 4 is 0 Å². The first-order valence-corrected chi connectivity index (χ1v) is 17.3. The Hall–Kier alpha value is -4.76. The van der Waals surface area contributed by atoms with Crippen LogP contribution in [0.4, 0.5) is 0 Å². The van der Waals surface area contributed by atoms with Crippen LogP contribution in [-0.2, 0) is 56.7 Å². The molecule has 0 saturated carbocycles. The van der Waals surface area contributed by atoms with E-state index in [0.29, 0.717) is 39.6 Å². The summed E-state index contributed by atoms with van der Waals surface area (Å²) < 4.78 is 44.3. The molecule has 5 aromatic rings. The Morgan fingerprint density at radius 3 is 1.29 bits per heavy atom. The van der Waals surface area contributed by atoms with Crippen molar-refractivity contribution in [2.75, 3.05) is 20.8 Å². The molecule has 4 atom stereocenters. The zero-order valence-electron chi connectivity index (χ0n) is 29.3. The minimum absolute atomic E-state index is 0.338. The summed E-state index contributed by atoms with van der Waals surface area (Å²) in [6.07, 6.45) is 0.165. The molecule has 5 aromatic carbocycles. The van der Waals surface area contributed by atoms with Gasteiger partial charge in [0, 0.05) is 0 Å². The second-order valence-corrected chi connectivity index (χ2v) is 12.4. The largest absolute Gasteiger partial charge is 0.497 e. The quantitative estimate of drug-likeness (QED) is 0.0857. The maximum atomic E-state index is 6.87. The molecule has 7 nitrogen and oxygen atoms in total. The average molecular weight is 687 g/mol. The van der Waals surface area contributed by atoms with Crippen LogP contribution >= 0.6 is 0 Å². The maximum Gasteiger partial charge on any atom is 0.118 e. The third-order valence-corrected chi connectivity index (χ3v) is 8.83. The van der Waals surface area contributed by atoms with Crippen LogP contribution in [0.1, 0.15) is 27.8 Å². The lowest BCUT2D eigenvalue weighted by Gasteiger charge is -2.41. The van der Waals surface area contributed by atoms with Crippen molar-refractivity contribution in [3.63, 3.8) is 0 Å². The zero-order chi connectivity index (χ0) is 35.1. The molecule has 264 valence electrons. The predicted molar refractivity (Wildman–Crippen MR) is 197 cm³/mol. The fourth-order valence-corrected chi connectivity index (χ4v) is 6.03. The van der Waals surface area contributed by atoms with Crippen LogP contribution in [0.3, 0.4) is 0 Å². The van der Waals surface area contributed by atoms with Crippen molar-refractivity contribution in [1.82, 2.24) is 0 Å². The summed E-state index contributed by atoms with van der Waals surface area (Å²) in [5.41, 5.74) is 6.19. The van der Waals surface area contributed by atoms with Crippen molar-refractivity contribution in [2.45, 2.75) is 57.5 Å². The third kappa shape index (κ3) is 10.6. The topological polar surface area (TPSA) is 64.6 Å². The van der Waals surface area contributed by atoms with Crippen molar-refractivity contribution in [1.29, 1.82) is 0 Å². The van der Waals surface area contributed by atoms with Gasteiger partial charge in [-0.3, -0.25) is 0 Å². The molecule has 0 bridgehead atoms. The first-order valence-electron chi connectivity index (χ1n) is 17.3. The van der Waals surface area contributed by atoms with Gasteiger partial charge in [0.05, 0.1) is 53.9 Å². The highest BCUT2D eigenvalue weighted by atomic mass is 16.6. The van der Waals surface area contributed by atoms with E-state index in [1.54, 1.807) is 14.2 Å². The van der Waals surface area contributed by atoms with Crippen LogP contribution in [0.5, 0.6) is 11.5 Å². The second kappa shape index (κ2) is 19.0. The van der Waals surface area contributed by atoms with Gasteiger partial charge in [-0.05, 0) is 63.7 Å². The molecule has 0 amide bonds. The summed E-state index contributed by atoms with van der Waals surface area (Å²) in [6.45, 7) is 2.29. The number of hydrogen-bond acceptors (Lipinski definition) is 7. The molecule has 0 heterocycles. The van der Waals surface area contributed by atoms with Crippen molar-refractivity contribution < 1.29 is 33.2 Å². The summed E-state index contributed by atoms with van der Waals surface area (Å²) in [4.78, 5) is 0. The SMILES string of the molecule is COc1ccc(CO[C@@H]2[C@@H](OCc3ccccc3)[C@H](OCc3ccc(OC)cc3)C=C(COCc3ccccc3)[C@H]2OCc2ccccc2)cc1. The molecule has 0 aromatic heterocycles. The molecule has 0 N–H and O–H groups in total. The van der Waals surface area contributed by atoms with Crippen LogP contribution in [0.15, 0.2) is 151 Å². The Kier molecular flexibility index (Phi) is 13.4. The molecule has 51 heavy (non-hydrogen) atoms. The zero-order valence-corrected chi connectivity index (χ0v) is 29.3. The smallest absolute Gasteiger partial charge is 0.118 e. The molecule has 6 rings (SSSR count). The predicted octanol–water partition coefficient (Wildman–Crippen LogP) is 8.50. The average Bonchev–Trinajstić information content (AvgIpc) is 3.19. The fraction of sp³-hybridized carbons (Fsp3) is 0.273. The van der Waals surface area contributed by atoms with Crippen molar-refractivity contribution in [2.24, 2.45) is 0 Å². The summed E-state index contributed by atoms with van der Waals surface area (Å²) >= 11 is 0. The Morgan fingerprint density at radius 1 is 0.392 bits per heavy atom. The molecule has 7 heteroatoms. The van der Waals surface area contributed by atoms with E-state index in [1.165, 1.54) is 0 Å². The lowest BCUT2D eigenvalue weighted by atomic mass is 9.88. The van der Waals surface area contributed by atoms with E-state index in [0.717, 1.165) is 44.9 Å². The molecule has 0 fully saturated rings. The summed E-state index contributed by atoms with van der Waals surface area (Å²) in [7, 11) is 3.33. The molecule has 0 spiro atoms. The van der Waals surface area contributed by atoms with Gasteiger partial charge in [0.15, 0.2) is 0 Å². The Balaban J connectivity index is 1.33. The molecular formula is C44H46O7. The van der Waals surface area contributed by atoms with Crippen LogP contribution in [0.25, 0.3) is 0 Å². The van der Waals surface area contributed by atoms with E-state index in [-0.39, 0.29) is 0 Å². The van der Waals surface area contributed by atoms with Gasteiger partial charge in [0.2, 0.25) is 0 Å². The van der Waals surface area contributed by atoms with E-state index in [4.69, 9.17) is 33.2 Å². The number of benzene rings is 5. The lowest BCUT2D eigenvalue weighted by Crippen LogP contribution is -2.53. The molecular weight excluding hydrogens is 640 g/mol. The monoisotopic (exact) mass is 686 g/mol. The van der Waals surface area contributed by atoms with Crippen LogP contribution in [0.2, 0.25) is 0 Å². The first-order chi connectivity index (χ1) is 25.2. The highest BCUT2D eigenvalue weighted by Crippen LogP contribution is 2.33. The minimum atomic E-state index is -0.527. The van der Waals surface area contributed by atoms with Gasteiger partial charge in [-0.1, -0.05) is 115 Å². The van der Waals surface area contributed by atoms with Gasteiger partial charge < -0.3 is 33.2 Å². The highest BCUT2D eigenvalue weighted by molar-refractivity contribution is 5.29. The second-order valence-electron chi connectivity index (χ2n) is 12.4. The normalized spacial score (nSPS) is 18.6.